The Balaban J connectivity index is 1.36. The number of anilines is 2. The Hall–Kier alpha value is -3.42. The van der Waals surface area contributed by atoms with E-state index in [1.165, 1.54) is 21.7 Å². The summed E-state index contributed by atoms with van der Waals surface area (Å²) in [5.41, 5.74) is 9.88. The zero-order chi connectivity index (χ0) is 20.5. The Kier molecular flexibility index (Phi) is 4.82. The van der Waals surface area contributed by atoms with Gasteiger partial charge in [-0.2, -0.15) is 0 Å². The van der Waals surface area contributed by atoms with Gasteiger partial charge in [0.2, 0.25) is 0 Å². The largest absolute Gasteiger partial charge is 0.464 e. The number of benzene rings is 2. The average Bonchev–Trinajstić information content (AvgIpc) is 3.16. The van der Waals surface area contributed by atoms with Crippen LogP contribution in [0, 0.1) is 0 Å². The number of nitrogens with zero attached hydrogens (tertiary/aromatic N) is 4. The number of amides is 1. The van der Waals surface area contributed by atoms with Crippen LogP contribution in [0.5, 0.6) is 0 Å². The molecule has 152 valence electrons. The first-order valence-corrected chi connectivity index (χ1v) is 10.1. The second-order valence-electron chi connectivity index (χ2n) is 7.66. The fraction of sp³-hybridized carbons (Fsp3) is 0.217. The van der Waals surface area contributed by atoms with E-state index in [1.54, 1.807) is 12.4 Å². The summed E-state index contributed by atoms with van der Waals surface area (Å²) in [5, 5.41) is 15.4. The lowest BCUT2D eigenvalue weighted by Crippen LogP contribution is -2.48. The van der Waals surface area contributed by atoms with Crippen molar-refractivity contribution in [3.8, 4) is 0 Å². The van der Waals surface area contributed by atoms with Gasteiger partial charge >= 0.3 is 6.09 Å². The summed E-state index contributed by atoms with van der Waals surface area (Å²) in [6.45, 7) is 2.75. The van der Waals surface area contributed by atoms with Crippen LogP contribution >= 0.6 is 0 Å². The second-order valence-corrected chi connectivity index (χ2v) is 7.66. The maximum Gasteiger partial charge on any atom is 0.426 e. The van der Waals surface area contributed by atoms with Crippen molar-refractivity contribution >= 4 is 17.5 Å². The first-order chi connectivity index (χ1) is 14.7. The van der Waals surface area contributed by atoms with Crippen LogP contribution < -0.4 is 10.4 Å². The smallest absolute Gasteiger partial charge is 0.426 e. The molecule has 0 saturated carbocycles. The lowest BCUT2D eigenvalue weighted by atomic mass is 10.0. The average molecular weight is 401 g/mol. The van der Waals surface area contributed by atoms with Crippen molar-refractivity contribution in [2.24, 2.45) is 0 Å². The van der Waals surface area contributed by atoms with Crippen LogP contribution in [0.15, 0.2) is 67.0 Å². The minimum absolute atomic E-state index is 0.593. The van der Waals surface area contributed by atoms with Crippen molar-refractivity contribution in [2.75, 3.05) is 17.0 Å². The molecule has 0 fully saturated rings. The lowest BCUT2D eigenvalue weighted by Gasteiger charge is -2.36. The van der Waals surface area contributed by atoms with Crippen LogP contribution in [0.3, 0.4) is 0 Å². The molecule has 3 aromatic rings. The maximum absolute atomic E-state index is 12.2. The van der Waals surface area contributed by atoms with Crippen LogP contribution in [-0.4, -0.2) is 32.7 Å². The third-order valence-electron chi connectivity index (χ3n) is 5.70. The molecule has 0 atom stereocenters. The summed E-state index contributed by atoms with van der Waals surface area (Å²) < 4.78 is 0. The minimum atomic E-state index is -0.959. The van der Waals surface area contributed by atoms with E-state index in [2.05, 4.69) is 27.6 Å². The van der Waals surface area contributed by atoms with Crippen LogP contribution in [0.1, 0.15) is 22.3 Å². The molecule has 2 aromatic carbocycles. The number of carboxylic acid groups (broad SMARTS) is 1. The normalized spacial score (nSPS) is 16.0. The van der Waals surface area contributed by atoms with E-state index in [9.17, 15) is 9.90 Å². The van der Waals surface area contributed by atoms with Gasteiger partial charge in [0, 0.05) is 38.6 Å². The second kappa shape index (κ2) is 7.78. The molecule has 0 saturated heterocycles. The Morgan fingerprint density at radius 3 is 2.47 bits per heavy atom. The first-order valence-electron chi connectivity index (χ1n) is 10.1. The molecule has 5 rings (SSSR count). The fourth-order valence-corrected chi connectivity index (χ4v) is 4.25. The number of rotatable bonds is 4. The highest BCUT2D eigenvalue weighted by atomic mass is 16.4. The molecule has 1 amide bonds. The highest BCUT2D eigenvalue weighted by molar-refractivity contribution is 5.85. The summed E-state index contributed by atoms with van der Waals surface area (Å²) in [6, 6.07) is 18.0. The molecule has 0 spiro atoms. The summed E-state index contributed by atoms with van der Waals surface area (Å²) in [4.78, 5) is 16.2. The highest BCUT2D eigenvalue weighted by Gasteiger charge is 2.28. The number of nitrogens with one attached hydrogen (secondary N) is 1. The zero-order valence-corrected chi connectivity index (χ0v) is 16.5. The number of hydrogen-bond donors (Lipinski definition) is 2. The minimum Gasteiger partial charge on any atom is -0.464 e. The molecule has 3 heterocycles. The third kappa shape index (κ3) is 3.60. The topological polar surface area (TPSA) is 71.9 Å². The monoisotopic (exact) mass is 401 g/mol. The molecule has 1 aromatic heterocycles. The number of carbonyl (C=O) groups is 1. The summed E-state index contributed by atoms with van der Waals surface area (Å²) in [5.74, 6) is 0. The Bertz CT molecular complexity index is 1070. The highest BCUT2D eigenvalue weighted by Crippen LogP contribution is 2.30. The van der Waals surface area contributed by atoms with Crippen molar-refractivity contribution in [3.05, 3.63) is 89.2 Å². The van der Waals surface area contributed by atoms with E-state index < -0.39 is 6.09 Å². The van der Waals surface area contributed by atoms with Gasteiger partial charge in [-0.3, -0.25) is 4.98 Å². The quantitative estimate of drug-likeness (QED) is 0.691. The van der Waals surface area contributed by atoms with Gasteiger partial charge in [-0.1, -0.05) is 30.3 Å². The summed E-state index contributed by atoms with van der Waals surface area (Å²) in [7, 11) is 0. The molecule has 0 radical (unpaired) electrons. The molecule has 2 N–H and O–H groups in total. The predicted molar refractivity (Wildman–Crippen MR) is 115 cm³/mol. The van der Waals surface area contributed by atoms with Crippen molar-refractivity contribution < 1.29 is 9.90 Å². The molecular weight excluding hydrogens is 378 g/mol. The van der Waals surface area contributed by atoms with Crippen molar-refractivity contribution in [3.63, 3.8) is 0 Å². The van der Waals surface area contributed by atoms with E-state index in [0.717, 1.165) is 24.2 Å². The standard InChI is InChI=1S/C23H23N5O2/c29-23(30)28(27-12-9-17-3-1-2-4-18(17)16-27)22-6-5-19-14-26(15-20(19)13-22)25-21-7-10-24-11-8-21/h1-8,10-11,13H,9,12,14-16H2,(H,24,25)(H,29,30). The van der Waals surface area contributed by atoms with Crippen LogP contribution in [-0.2, 0) is 26.1 Å². The molecule has 7 heteroatoms. The molecule has 2 aliphatic rings. The molecule has 7 nitrogen and oxygen atoms in total. The summed E-state index contributed by atoms with van der Waals surface area (Å²) in [6.07, 6.45) is 3.39. The molecule has 0 bridgehead atoms. The zero-order valence-electron chi connectivity index (χ0n) is 16.5. The van der Waals surface area contributed by atoms with E-state index >= 15 is 0 Å². The van der Waals surface area contributed by atoms with Crippen LogP contribution in [0.2, 0.25) is 0 Å². The molecular formula is C23H23N5O2. The number of aromatic nitrogens is 1. The van der Waals surface area contributed by atoms with Crippen molar-refractivity contribution in [1.82, 2.24) is 15.0 Å². The number of hydrogen-bond acceptors (Lipinski definition) is 5. The van der Waals surface area contributed by atoms with E-state index in [4.69, 9.17) is 0 Å². The van der Waals surface area contributed by atoms with Gasteiger partial charge < -0.3 is 10.5 Å². The fourth-order valence-electron chi connectivity index (χ4n) is 4.25. The SMILES string of the molecule is O=C(O)N(c1ccc2c(c1)CN(Nc1ccncc1)C2)N1CCc2ccccc2C1. The molecule has 2 aliphatic heterocycles. The van der Waals surface area contributed by atoms with Gasteiger partial charge in [0.1, 0.15) is 0 Å². The van der Waals surface area contributed by atoms with Gasteiger partial charge in [0.25, 0.3) is 0 Å². The first kappa shape index (κ1) is 18.6. The number of fused-ring (bicyclic) bond motifs is 2. The van der Waals surface area contributed by atoms with E-state index in [-0.39, 0.29) is 0 Å². The summed E-state index contributed by atoms with van der Waals surface area (Å²) >= 11 is 0. The van der Waals surface area contributed by atoms with Crippen molar-refractivity contribution in [2.45, 2.75) is 26.1 Å². The van der Waals surface area contributed by atoms with Gasteiger partial charge in [-0.05, 0) is 52.9 Å². The van der Waals surface area contributed by atoms with Crippen molar-refractivity contribution in [1.29, 1.82) is 0 Å². The van der Waals surface area contributed by atoms with Crippen LogP contribution in [0.25, 0.3) is 0 Å². The Morgan fingerprint density at radius 2 is 1.67 bits per heavy atom. The number of pyridine rings is 1. The van der Waals surface area contributed by atoms with Gasteiger partial charge in [-0.25, -0.2) is 19.8 Å². The predicted octanol–water partition coefficient (Wildman–Crippen LogP) is 3.88. The van der Waals surface area contributed by atoms with Gasteiger partial charge in [0.15, 0.2) is 0 Å². The lowest BCUT2D eigenvalue weighted by molar-refractivity contribution is 0.162. The maximum atomic E-state index is 12.2. The van der Waals surface area contributed by atoms with E-state index in [1.807, 2.05) is 47.5 Å². The molecule has 30 heavy (non-hydrogen) atoms. The molecule has 0 aliphatic carbocycles. The van der Waals surface area contributed by atoms with E-state index in [0.29, 0.717) is 25.3 Å². The number of hydrazine groups is 2. The van der Waals surface area contributed by atoms with Gasteiger partial charge in [0.05, 0.1) is 11.4 Å². The molecule has 0 unspecified atom stereocenters. The third-order valence-corrected chi connectivity index (χ3v) is 5.70. The Labute approximate surface area is 175 Å². The van der Waals surface area contributed by atoms with Gasteiger partial charge in [-0.15, -0.1) is 0 Å². The van der Waals surface area contributed by atoms with Crippen LogP contribution in [0.4, 0.5) is 16.2 Å². The Morgan fingerprint density at radius 1 is 0.933 bits per heavy atom.